The van der Waals surface area contributed by atoms with Gasteiger partial charge in [0, 0.05) is 6.61 Å². The van der Waals surface area contributed by atoms with Crippen molar-refractivity contribution >= 4 is 6.16 Å². The van der Waals surface area contributed by atoms with Crippen LogP contribution in [0.4, 0.5) is 4.79 Å². The molecule has 0 spiro atoms. The van der Waals surface area contributed by atoms with Crippen molar-refractivity contribution in [2.24, 2.45) is 5.92 Å². The van der Waals surface area contributed by atoms with E-state index >= 15 is 0 Å². The lowest BCUT2D eigenvalue weighted by Gasteiger charge is -2.14. The third kappa shape index (κ3) is 9.49. The van der Waals surface area contributed by atoms with E-state index in [1.807, 2.05) is 20.8 Å². The molecule has 0 heterocycles. The highest BCUT2D eigenvalue weighted by Crippen LogP contribution is 1.99. The highest BCUT2D eigenvalue weighted by atomic mass is 16.7. The summed E-state index contributed by atoms with van der Waals surface area (Å²) in [6.45, 7) is 6.47. The Morgan fingerprint density at radius 3 is 2.40 bits per heavy atom. The van der Waals surface area contributed by atoms with Crippen LogP contribution in [-0.4, -0.2) is 43.8 Å². The van der Waals surface area contributed by atoms with E-state index in [9.17, 15) is 4.79 Å². The summed E-state index contributed by atoms with van der Waals surface area (Å²) in [6.07, 6.45) is -0.918. The van der Waals surface area contributed by atoms with Crippen LogP contribution in [0.3, 0.4) is 0 Å². The molecule has 5 nitrogen and oxygen atoms in total. The van der Waals surface area contributed by atoms with E-state index in [1.54, 1.807) is 0 Å². The third-order valence-corrected chi connectivity index (χ3v) is 1.46. The zero-order chi connectivity index (χ0) is 11.7. The lowest BCUT2D eigenvalue weighted by Crippen LogP contribution is -2.21. The summed E-state index contributed by atoms with van der Waals surface area (Å²) in [6, 6.07) is 0. The maximum atomic E-state index is 10.8. The Labute approximate surface area is 90.3 Å². The molecule has 0 aliphatic carbocycles. The molecule has 0 aromatic rings. The molecule has 0 saturated carbocycles. The second-order valence-electron chi connectivity index (χ2n) is 3.67. The van der Waals surface area contributed by atoms with Crippen molar-refractivity contribution in [2.45, 2.75) is 26.9 Å². The van der Waals surface area contributed by atoms with Gasteiger partial charge in [0.25, 0.3) is 0 Å². The van der Waals surface area contributed by atoms with Gasteiger partial charge in [-0.1, -0.05) is 13.8 Å². The smallest absolute Gasteiger partial charge is 0.432 e. The van der Waals surface area contributed by atoms with Gasteiger partial charge in [0.2, 0.25) is 0 Å². The quantitative estimate of drug-likeness (QED) is 0.653. The number of carbonyl (C=O) groups excluding carboxylic acids is 1. The fourth-order valence-corrected chi connectivity index (χ4v) is 0.761. The molecule has 0 radical (unpaired) electrons. The van der Waals surface area contributed by atoms with Crippen LogP contribution in [0.25, 0.3) is 0 Å². The van der Waals surface area contributed by atoms with Gasteiger partial charge in [-0.3, -0.25) is 0 Å². The number of ether oxygens (including phenoxy) is 3. The summed E-state index contributed by atoms with van der Waals surface area (Å²) in [5.41, 5.74) is 0. The van der Waals surface area contributed by atoms with Crippen molar-refractivity contribution in [2.75, 3.05) is 26.4 Å². The van der Waals surface area contributed by atoms with E-state index in [4.69, 9.17) is 14.6 Å². The minimum absolute atomic E-state index is 0.0416. The average molecular weight is 220 g/mol. The van der Waals surface area contributed by atoms with Gasteiger partial charge < -0.3 is 19.3 Å². The predicted molar refractivity (Wildman–Crippen MR) is 54.6 cm³/mol. The molecule has 0 saturated heterocycles. The Morgan fingerprint density at radius 1 is 1.20 bits per heavy atom. The molecule has 1 unspecified atom stereocenters. The highest BCUT2D eigenvalue weighted by Gasteiger charge is 2.08. The zero-order valence-electron chi connectivity index (χ0n) is 9.56. The number of hydrogen-bond donors (Lipinski definition) is 1. The molecular formula is C10H20O5. The van der Waals surface area contributed by atoms with Gasteiger partial charge >= 0.3 is 6.16 Å². The predicted octanol–water partition coefficient (Wildman–Crippen LogP) is 1.19. The molecule has 0 rings (SSSR count). The number of aliphatic hydroxyl groups is 1. The molecule has 0 aliphatic heterocycles. The highest BCUT2D eigenvalue weighted by molar-refractivity contribution is 5.59. The van der Waals surface area contributed by atoms with Crippen molar-refractivity contribution in [1.29, 1.82) is 0 Å². The molecule has 5 heteroatoms. The van der Waals surface area contributed by atoms with Crippen molar-refractivity contribution in [3.05, 3.63) is 0 Å². The van der Waals surface area contributed by atoms with E-state index in [0.717, 1.165) is 0 Å². The van der Waals surface area contributed by atoms with E-state index in [1.165, 1.54) is 0 Å². The third-order valence-electron chi connectivity index (χ3n) is 1.46. The summed E-state index contributed by atoms with van der Waals surface area (Å²) in [5.74, 6) is 0.453. The summed E-state index contributed by atoms with van der Waals surface area (Å²) in [4.78, 5) is 10.8. The lowest BCUT2D eigenvalue weighted by molar-refractivity contribution is -0.0186. The topological polar surface area (TPSA) is 65.0 Å². The van der Waals surface area contributed by atoms with Crippen LogP contribution in [0.1, 0.15) is 20.8 Å². The van der Waals surface area contributed by atoms with E-state index in [0.29, 0.717) is 12.5 Å². The van der Waals surface area contributed by atoms with Gasteiger partial charge in [0.1, 0.15) is 13.2 Å². The Kier molecular flexibility index (Phi) is 8.04. The second-order valence-corrected chi connectivity index (χ2v) is 3.67. The maximum Gasteiger partial charge on any atom is 0.508 e. The first kappa shape index (κ1) is 14.2. The van der Waals surface area contributed by atoms with Gasteiger partial charge in [-0.25, -0.2) is 4.79 Å². The van der Waals surface area contributed by atoms with Crippen LogP contribution in [0.5, 0.6) is 0 Å². The minimum atomic E-state index is -0.774. The van der Waals surface area contributed by atoms with Crippen molar-refractivity contribution in [3.8, 4) is 0 Å². The van der Waals surface area contributed by atoms with Crippen molar-refractivity contribution < 1.29 is 24.1 Å². The van der Waals surface area contributed by atoms with Crippen LogP contribution < -0.4 is 0 Å². The number of hydrogen-bond acceptors (Lipinski definition) is 5. The Bertz CT molecular complexity index is 169. The zero-order valence-corrected chi connectivity index (χ0v) is 9.56. The molecule has 1 atom stereocenters. The summed E-state index contributed by atoms with van der Waals surface area (Å²) >= 11 is 0. The average Bonchev–Trinajstić information content (AvgIpc) is 2.20. The maximum absolute atomic E-state index is 10.8. The first-order chi connectivity index (χ1) is 7.06. The van der Waals surface area contributed by atoms with Gasteiger partial charge in [-0.15, -0.1) is 0 Å². The van der Waals surface area contributed by atoms with Gasteiger partial charge in [-0.05, 0) is 12.8 Å². The molecular weight excluding hydrogens is 200 g/mol. The Morgan fingerprint density at radius 2 is 1.87 bits per heavy atom. The molecule has 0 aromatic carbocycles. The summed E-state index contributed by atoms with van der Waals surface area (Å²) < 4.78 is 14.6. The normalized spacial score (nSPS) is 12.6. The summed E-state index contributed by atoms with van der Waals surface area (Å²) in [7, 11) is 0. The summed E-state index contributed by atoms with van der Waals surface area (Å²) in [5, 5.41) is 8.38. The Balaban J connectivity index is 3.44. The largest absolute Gasteiger partial charge is 0.508 e. The SMILES string of the molecule is CC(C)COC(C)COC(=O)OCCO. The molecule has 0 aromatic heterocycles. The second kappa shape index (κ2) is 8.49. The first-order valence-corrected chi connectivity index (χ1v) is 5.08. The number of rotatable bonds is 7. The van der Waals surface area contributed by atoms with E-state index in [-0.39, 0.29) is 25.9 Å². The van der Waals surface area contributed by atoms with Crippen LogP contribution in [0.15, 0.2) is 0 Å². The fraction of sp³-hybridized carbons (Fsp3) is 0.900. The lowest BCUT2D eigenvalue weighted by atomic mass is 10.2. The molecule has 0 amide bonds. The van der Waals surface area contributed by atoms with Gasteiger partial charge in [0.15, 0.2) is 0 Å². The van der Waals surface area contributed by atoms with Gasteiger partial charge in [-0.2, -0.15) is 0 Å². The molecule has 15 heavy (non-hydrogen) atoms. The number of aliphatic hydroxyl groups excluding tert-OH is 1. The van der Waals surface area contributed by atoms with Crippen LogP contribution in [-0.2, 0) is 14.2 Å². The van der Waals surface area contributed by atoms with E-state index < -0.39 is 6.16 Å². The van der Waals surface area contributed by atoms with Crippen molar-refractivity contribution in [3.63, 3.8) is 0 Å². The molecule has 0 fully saturated rings. The molecule has 0 bridgehead atoms. The van der Waals surface area contributed by atoms with Crippen LogP contribution in [0, 0.1) is 5.92 Å². The minimum Gasteiger partial charge on any atom is -0.432 e. The molecule has 0 aliphatic rings. The van der Waals surface area contributed by atoms with Crippen molar-refractivity contribution in [1.82, 2.24) is 0 Å². The molecule has 90 valence electrons. The van der Waals surface area contributed by atoms with E-state index in [2.05, 4.69) is 4.74 Å². The standard InChI is InChI=1S/C10H20O5/c1-8(2)6-14-9(3)7-15-10(12)13-5-4-11/h8-9,11H,4-7H2,1-3H3. The molecule has 1 N–H and O–H groups in total. The monoisotopic (exact) mass is 220 g/mol. The fourth-order valence-electron chi connectivity index (χ4n) is 0.761. The van der Waals surface area contributed by atoms with Crippen LogP contribution in [0.2, 0.25) is 0 Å². The van der Waals surface area contributed by atoms with Crippen LogP contribution >= 0.6 is 0 Å². The number of carbonyl (C=O) groups is 1. The Hall–Kier alpha value is -0.810. The first-order valence-electron chi connectivity index (χ1n) is 5.08. The van der Waals surface area contributed by atoms with Gasteiger partial charge in [0.05, 0.1) is 12.7 Å².